The van der Waals surface area contributed by atoms with E-state index < -0.39 is 204 Å². The molecule has 28 unspecified atom stereocenters. The number of hydrogen-bond acceptors (Lipinski definition) is 28. The highest BCUT2D eigenvalue weighted by Gasteiger charge is 2.79. The van der Waals surface area contributed by atoms with Gasteiger partial charge in [-0.25, -0.2) is 8.37 Å². The summed E-state index contributed by atoms with van der Waals surface area (Å²) in [6.07, 6.45) is -29.7. The zero-order chi connectivity index (χ0) is 64.8. The van der Waals surface area contributed by atoms with E-state index in [0.717, 1.165) is 25.5 Å². The molecular weight excluding hydrogens is 1220 g/mol. The Hall–Kier alpha value is -2.56. The van der Waals surface area contributed by atoms with Crippen LogP contribution in [-0.2, 0) is 90.9 Å². The Balaban J connectivity index is 0.905. The quantitative estimate of drug-likeness (QED) is 0.0364. The first-order valence-electron chi connectivity index (χ1n) is 29.7. The van der Waals surface area contributed by atoms with Gasteiger partial charge in [0.2, 0.25) is 0 Å². The number of carbonyl (C=O) groups excluding carboxylic acids is 2. The zero-order valence-electron chi connectivity index (χ0n) is 50.3. The lowest BCUT2D eigenvalue weighted by Gasteiger charge is -2.63. The van der Waals surface area contributed by atoms with E-state index in [4.69, 9.17) is 56.7 Å². The molecule has 5 heterocycles. The molecule has 5 aliphatic heterocycles. The number of fused-ring (bicyclic) bond motifs is 4. The van der Waals surface area contributed by atoms with Gasteiger partial charge in [0.15, 0.2) is 25.2 Å². The first kappa shape index (κ1) is 69.8. The third kappa shape index (κ3) is 12.9. The van der Waals surface area contributed by atoms with Crippen LogP contribution >= 0.6 is 0 Å². The van der Waals surface area contributed by atoms with E-state index >= 15 is 0 Å². The summed E-state index contributed by atoms with van der Waals surface area (Å²) in [5.41, 5.74) is -1.23. The Labute approximate surface area is 510 Å². The van der Waals surface area contributed by atoms with E-state index in [9.17, 15) is 76.9 Å². The molecule has 0 aromatic rings. The summed E-state index contributed by atoms with van der Waals surface area (Å²) in [7, 11) is -9.34. The molecule has 0 aromatic carbocycles. The van der Waals surface area contributed by atoms with Gasteiger partial charge in [-0.2, -0.15) is 16.8 Å². The lowest BCUT2D eigenvalue weighted by atomic mass is 9.41. The molecule has 0 radical (unpaired) electrons. The summed E-state index contributed by atoms with van der Waals surface area (Å²) in [6, 6.07) is 0. The number of rotatable bonds is 21. The molecule has 4 aliphatic carbocycles. The van der Waals surface area contributed by atoms with Crippen molar-refractivity contribution >= 4 is 32.7 Å². The third-order valence-corrected chi connectivity index (χ3v) is 21.7. The fraction of sp³-hybridized carbons (Fsp3) is 0.893. The fourth-order valence-corrected chi connectivity index (χ4v) is 17.3. The number of methoxy groups -OCH3 is 1. The van der Waals surface area contributed by atoms with Crippen LogP contribution in [0, 0.1) is 39.4 Å². The minimum absolute atomic E-state index is 0.0200. The maximum absolute atomic E-state index is 14.7. The molecule has 0 bridgehead atoms. The van der Waals surface area contributed by atoms with E-state index in [1.54, 1.807) is 0 Å². The zero-order valence-corrected chi connectivity index (χ0v) is 52.0. The van der Waals surface area contributed by atoms with Crippen LogP contribution in [0.15, 0.2) is 23.8 Å². The van der Waals surface area contributed by atoms with Crippen LogP contribution in [-0.4, -0.2) is 252 Å². The summed E-state index contributed by atoms with van der Waals surface area (Å²) in [6.45, 7) is 14.3. The second-order valence-electron chi connectivity index (χ2n) is 26.6. The van der Waals surface area contributed by atoms with Crippen LogP contribution in [0.4, 0.5) is 0 Å². The average molecular weight is 1310 g/mol. The van der Waals surface area contributed by atoms with Crippen molar-refractivity contribution in [3.63, 3.8) is 0 Å². The molecule has 504 valence electrons. The van der Waals surface area contributed by atoms with Crippen molar-refractivity contribution in [1.29, 1.82) is 0 Å². The Morgan fingerprint density at radius 2 is 1.27 bits per heavy atom. The maximum atomic E-state index is 14.7. The third-order valence-electron chi connectivity index (χ3n) is 20.9. The number of aliphatic hydroxyl groups is 9. The van der Waals surface area contributed by atoms with Crippen LogP contribution in [0.1, 0.15) is 106 Å². The molecule has 9 rings (SSSR count). The minimum Gasteiger partial charge on any atom is -0.462 e. The summed E-state index contributed by atoms with van der Waals surface area (Å²) in [5, 5.41) is 102. The number of hydrogen-bond donors (Lipinski definition) is 11. The van der Waals surface area contributed by atoms with Gasteiger partial charge < -0.3 is 98.1 Å². The van der Waals surface area contributed by atoms with Crippen LogP contribution in [0.3, 0.4) is 0 Å². The van der Waals surface area contributed by atoms with E-state index in [1.807, 2.05) is 13.8 Å². The molecule has 32 heteroatoms. The van der Waals surface area contributed by atoms with Crippen molar-refractivity contribution in [2.24, 2.45) is 39.4 Å². The minimum atomic E-state index is -5.25. The summed E-state index contributed by atoms with van der Waals surface area (Å²) >= 11 is 0. The maximum Gasteiger partial charge on any atom is 0.397 e. The number of allylic oxidation sites excluding steroid dienone is 3. The molecule has 5 saturated heterocycles. The summed E-state index contributed by atoms with van der Waals surface area (Å²) < 4.78 is 139. The van der Waals surface area contributed by atoms with Crippen LogP contribution in [0.2, 0.25) is 0 Å². The van der Waals surface area contributed by atoms with Crippen molar-refractivity contribution in [1.82, 2.24) is 0 Å². The van der Waals surface area contributed by atoms with Crippen molar-refractivity contribution < 1.29 is 142 Å². The summed E-state index contributed by atoms with van der Waals surface area (Å²) in [5.74, 6) is -1.03. The predicted octanol–water partition coefficient (Wildman–Crippen LogP) is -1.22. The molecule has 11 N–H and O–H groups in total. The molecule has 0 aromatic heterocycles. The predicted molar refractivity (Wildman–Crippen MR) is 294 cm³/mol. The Morgan fingerprint density at radius 3 is 1.85 bits per heavy atom. The van der Waals surface area contributed by atoms with Gasteiger partial charge in [0.25, 0.3) is 0 Å². The van der Waals surface area contributed by atoms with E-state index in [0.29, 0.717) is 44.9 Å². The van der Waals surface area contributed by atoms with Crippen molar-refractivity contribution in [2.45, 2.75) is 241 Å². The lowest BCUT2D eigenvalue weighted by Crippen LogP contribution is -2.67. The van der Waals surface area contributed by atoms with Gasteiger partial charge in [0, 0.05) is 19.4 Å². The highest BCUT2D eigenvalue weighted by Crippen LogP contribution is 2.77. The average Bonchev–Trinajstić information content (AvgIpc) is 1.45. The van der Waals surface area contributed by atoms with Crippen LogP contribution in [0.5, 0.6) is 0 Å². The smallest absolute Gasteiger partial charge is 0.397 e. The highest BCUT2D eigenvalue weighted by atomic mass is 32.3. The van der Waals surface area contributed by atoms with Crippen LogP contribution < -0.4 is 0 Å². The van der Waals surface area contributed by atoms with E-state index in [2.05, 4.69) is 48.7 Å². The number of cyclic esters (lactones) is 1. The second kappa shape index (κ2) is 26.0. The van der Waals surface area contributed by atoms with E-state index in [-0.39, 0.29) is 29.1 Å². The monoisotopic (exact) mass is 1300 g/mol. The van der Waals surface area contributed by atoms with Crippen molar-refractivity contribution in [3.8, 4) is 0 Å². The largest absolute Gasteiger partial charge is 0.462 e. The van der Waals surface area contributed by atoms with Gasteiger partial charge in [0.05, 0.1) is 43.9 Å². The number of carbonyl (C=O) groups is 2. The number of aliphatic hydroxyl groups excluding tert-OH is 9. The standard InChI is InChI=1S/C56H88O30S2/c1-24(2)11-10-16-55(8)46-29(78-25(3)58)19-54(7)27-12-13-33-52(4,5)34(15-17-53(33,6)26(27)14-18-56(46,54)51(67)86-55)82-50-45(35(60)28(59)21-75-50)85-47-39(64)38(63)42(30(20-57)79-47)83-49-41(66)44(37(62)32(81-49)23-77-88(71,72)73)84-48-40(65)43(74-9)36(61)31(80-48)22-76-87(68,69)70/h12,26,28-50,57,59-66H,1,10-11,13-23H2,2-9H3,(H,68,69,70)(H,71,72,73). The molecule has 88 heavy (non-hydrogen) atoms. The Bertz CT molecular complexity index is 2790. The van der Waals surface area contributed by atoms with Gasteiger partial charge in [-0.1, -0.05) is 44.9 Å². The Morgan fingerprint density at radius 1 is 0.705 bits per heavy atom. The molecule has 8 fully saturated rings. The lowest BCUT2D eigenvalue weighted by molar-refractivity contribution is -0.391. The van der Waals surface area contributed by atoms with Crippen molar-refractivity contribution in [2.75, 3.05) is 33.5 Å². The summed E-state index contributed by atoms with van der Waals surface area (Å²) in [4.78, 5) is 27.4. The first-order valence-corrected chi connectivity index (χ1v) is 32.5. The molecule has 30 nitrogen and oxygen atoms in total. The molecule has 28 atom stereocenters. The topological polar surface area (TPSA) is 445 Å². The molecule has 9 aliphatic rings. The van der Waals surface area contributed by atoms with Crippen molar-refractivity contribution in [3.05, 3.63) is 23.8 Å². The highest BCUT2D eigenvalue weighted by molar-refractivity contribution is 7.81. The molecule has 3 saturated carbocycles. The second-order valence-corrected chi connectivity index (χ2v) is 28.8. The molecule has 1 spiro atoms. The van der Waals surface area contributed by atoms with Crippen LogP contribution in [0.25, 0.3) is 0 Å². The van der Waals surface area contributed by atoms with Gasteiger partial charge in [-0.3, -0.25) is 18.7 Å². The first-order chi connectivity index (χ1) is 41.0. The molecule has 0 amide bonds. The van der Waals surface area contributed by atoms with Gasteiger partial charge in [-0.15, -0.1) is 6.58 Å². The fourth-order valence-electron chi connectivity index (χ4n) is 16.7. The SMILES string of the molecule is C=C(C)CCCC1(C)OC(=O)C23CCC4C(=CCC5C(C)(C)C(OC6OCC(O)C(O)C6OC6OC(CO)C(OC7OC(COS(=O)(=O)O)C(O)C(OC8OC(COS(=O)(=O)O)C(O)C(OC)C8O)C7O)C(O)C6O)CCC45C)C2(C)CC(OC(C)=O)C13. The van der Waals surface area contributed by atoms with E-state index in [1.165, 1.54) is 12.5 Å². The number of ether oxygens (including phenoxy) is 11. The van der Waals surface area contributed by atoms with Gasteiger partial charge in [0.1, 0.15) is 103 Å². The Kier molecular flexibility index (Phi) is 20.6. The molecular formula is C56H88O30S2. The normalized spacial score (nSPS) is 47.6. The van der Waals surface area contributed by atoms with Gasteiger partial charge >= 0.3 is 32.7 Å². The van der Waals surface area contributed by atoms with Gasteiger partial charge in [-0.05, 0) is 94.3 Å². The number of esters is 2.